The zero-order chi connectivity index (χ0) is 13.6. The molecule has 0 amide bonds. The standard InChI is InChI=1S/C13H19ClO3S/c1-11-6-7-13(12(2)10-11)17-8-4-3-5-9-18(14,15)16/h6-7,10H,3-5,8-9H2,1-2H3. The van der Waals surface area contributed by atoms with E-state index in [2.05, 4.69) is 6.07 Å². The maximum Gasteiger partial charge on any atom is 0.232 e. The van der Waals surface area contributed by atoms with E-state index in [0.29, 0.717) is 13.0 Å². The Morgan fingerprint density at radius 2 is 1.89 bits per heavy atom. The second-order valence-corrected chi connectivity index (χ2v) is 7.32. The first-order chi connectivity index (χ1) is 8.38. The lowest BCUT2D eigenvalue weighted by Gasteiger charge is -2.09. The van der Waals surface area contributed by atoms with Crippen molar-refractivity contribution in [2.45, 2.75) is 33.1 Å². The minimum atomic E-state index is -3.34. The lowest BCUT2D eigenvalue weighted by atomic mass is 10.1. The largest absolute Gasteiger partial charge is 0.493 e. The maximum absolute atomic E-state index is 10.7. The van der Waals surface area contributed by atoms with Crippen LogP contribution in [0.5, 0.6) is 5.75 Å². The molecule has 0 N–H and O–H groups in total. The molecule has 0 aliphatic carbocycles. The summed E-state index contributed by atoms with van der Waals surface area (Å²) in [5.74, 6) is 0.934. The zero-order valence-corrected chi connectivity index (χ0v) is 12.4. The van der Waals surface area contributed by atoms with E-state index < -0.39 is 9.05 Å². The summed E-state index contributed by atoms with van der Waals surface area (Å²) in [5, 5.41) is 0. The van der Waals surface area contributed by atoms with Crippen LogP contribution >= 0.6 is 10.7 Å². The second-order valence-electron chi connectivity index (χ2n) is 4.42. The van der Waals surface area contributed by atoms with E-state index in [9.17, 15) is 8.42 Å². The lowest BCUT2D eigenvalue weighted by Crippen LogP contribution is -2.01. The van der Waals surface area contributed by atoms with Gasteiger partial charge in [-0.2, -0.15) is 0 Å². The number of hydrogen-bond acceptors (Lipinski definition) is 3. The Balaban J connectivity index is 2.22. The Kier molecular flexibility index (Phi) is 5.96. The summed E-state index contributed by atoms with van der Waals surface area (Å²) in [6.07, 6.45) is 2.22. The molecule has 0 unspecified atom stereocenters. The monoisotopic (exact) mass is 290 g/mol. The molecule has 0 radical (unpaired) electrons. The van der Waals surface area contributed by atoms with Gasteiger partial charge in [-0.15, -0.1) is 0 Å². The molecule has 1 rings (SSSR count). The van der Waals surface area contributed by atoms with Gasteiger partial charge in [0.15, 0.2) is 0 Å². The van der Waals surface area contributed by atoms with E-state index in [1.54, 1.807) is 0 Å². The van der Waals surface area contributed by atoms with Crippen LogP contribution in [0.25, 0.3) is 0 Å². The number of unbranched alkanes of at least 4 members (excludes halogenated alkanes) is 2. The van der Waals surface area contributed by atoms with Crippen LogP contribution in [-0.2, 0) is 9.05 Å². The van der Waals surface area contributed by atoms with Gasteiger partial charge in [-0.1, -0.05) is 17.7 Å². The molecule has 3 nitrogen and oxygen atoms in total. The van der Waals surface area contributed by atoms with Crippen LogP contribution in [0, 0.1) is 13.8 Å². The van der Waals surface area contributed by atoms with Crippen molar-refractivity contribution in [2.24, 2.45) is 0 Å². The average Bonchev–Trinajstić information content (AvgIpc) is 2.24. The van der Waals surface area contributed by atoms with Gasteiger partial charge in [0.2, 0.25) is 9.05 Å². The number of benzene rings is 1. The minimum Gasteiger partial charge on any atom is -0.493 e. The summed E-state index contributed by atoms with van der Waals surface area (Å²) in [5.41, 5.74) is 2.34. The summed E-state index contributed by atoms with van der Waals surface area (Å²) in [7, 11) is 1.77. The molecule has 0 heterocycles. The summed E-state index contributed by atoms with van der Waals surface area (Å²) >= 11 is 0. The molecule has 0 saturated carbocycles. The predicted molar refractivity (Wildman–Crippen MR) is 74.9 cm³/mol. The second kappa shape index (κ2) is 7.00. The molecule has 0 bridgehead atoms. The molecule has 0 aliphatic rings. The van der Waals surface area contributed by atoms with Crippen LogP contribution in [0.15, 0.2) is 18.2 Å². The van der Waals surface area contributed by atoms with Crippen LogP contribution in [-0.4, -0.2) is 20.8 Å². The number of rotatable bonds is 7. The predicted octanol–water partition coefficient (Wildman–Crippen LogP) is 3.42. The molecule has 1 aromatic carbocycles. The van der Waals surface area contributed by atoms with Gasteiger partial charge in [0.1, 0.15) is 5.75 Å². The first kappa shape index (κ1) is 15.3. The number of halogens is 1. The Morgan fingerprint density at radius 3 is 2.50 bits per heavy atom. The van der Waals surface area contributed by atoms with E-state index in [1.807, 2.05) is 26.0 Å². The smallest absolute Gasteiger partial charge is 0.232 e. The topological polar surface area (TPSA) is 43.4 Å². The lowest BCUT2D eigenvalue weighted by molar-refractivity contribution is 0.304. The first-order valence-electron chi connectivity index (χ1n) is 6.01. The van der Waals surface area contributed by atoms with E-state index in [-0.39, 0.29) is 5.75 Å². The third kappa shape index (κ3) is 6.26. The Labute approximate surface area is 114 Å². The molecule has 102 valence electrons. The molecule has 1 aromatic rings. The molecule has 0 aromatic heterocycles. The Bertz CT molecular complexity index is 483. The third-order valence-electron chi connectivity index (χ3n) is 2.62. The van der Waals surface area contributed by atoms with E-state index in [1.165, 1.54) is 5.56 Å². The maximum atomic E-state index is 10.7. The van der Waals surface area contributed by atoms with Crippen molar-refractivity contribution in [3.8, 4) is 5.75 Å². The van der Waals surface area contributed by atoms with Crippen molar-refractivity contribution in [3.63, 3.8) is 0 Å². The van der Waals surface area contributed by atoms with Gasteiger partial charge in [0.25, 0.3) is 0 Å². The van der Waals surface area contributed by atoms with Gasteiger partial charge < -0.3 is 4.74 Å². The highest BCUT2D eigenvalue weighted by atomic mass is 35.7. The fourth-order valence-electron chi connectivity index (χ4n) is 1.70. The molecule has 0 atom stereocenters. The number of hydrogen-bond donors (Lipinski definition) is 0. The summed E-state index contributed by atoms with van der Waals surface area (Å²) in [6.45, 7) is 4.66. The zero-order valence-electron chi connectivity index (χ0n) is 10.8. The van der Waals surface area contributed by atoms with Crippen molar-refractivity contribution >= 4 is 19.7 Å². The molecule has 0 fully saturated rings. The van der Waals surface area contributed by atoms with Gasteiger partial charge in [0.05, 0.1) is 12.4 Å². The van der Waals surface area contributed by atoms with Crippen LogP contribution in [0.3, 0.4) is 0 Å². The highest BCUT2D eigenvalue weighted by molar-refractivity contribution is 8.13. The molecule has 0 aliphatic heterocycles. The number of aryl methyl sites for hydroxylation is 2. The first-order valence-corrected chi connectivity index (χ1v) is 8.49. The highest BCUT2D eigenvalue weighted by Gasteiger charge is 2.04. The van der Waals surface area contributed by atoms with Gasteiger partial charge in [-0.25, -0.2) is 8.42 Å². The van der Waals surface area contributed by atoms with E-state index >= 15 is 0 Å². The normalized spacial score (nSPS) is 11.5. The molecule has 18 heavy (non-hydrogen) atoms. The fraction of sp³-hybridized carbons (Fsp3) is 0.538. The van der Waals surface area contributed by atoms with E-state index in [4.69, 9.17) is 15.4 Å². The molecular formula is C13H19ClO3S. The van der Waals surface area contributed by atoms with Crippen molar-refractivity contribution in [1.29, 1.82) is 0 Å². The number of ether oxygens (including phenoxy) is 1. The molecule has 0 saturated heterocycles. The third-order valence-corrected chi connectivity index (χ3v) is 3.86. The van der Waals surface area contributed by atoms with Crippen LogP contribution in [0.2, 0.25) is 0 Å². The Morgan fingerprint density at radius 1 is 1.17 bits per heavy atom. The SMILES string of the molecule is Cc1ccc(OCCCCCS(=O)(=O)Cl)c(C)c1. The fourth-order valence-corrected chi connectivity index (χ4v) is 2.57. The molecule has 0 spiro atoms. The van der Waals surface area contributed by atoms with E-state index in [0.717, 1.165) is 24.2 Å². The Hall–Kier alpha value is -0.740. The van der Waals surface area contributed by atoms with Gasteiger partial charge in [-0.3, -0.25) is 0 Å². The quantitative estimate of drug-likeness (QED) is 0.571. The molecule has 5 heteroatoms. The summed E-state index contributed by atoms with van der Waals surface area (Å²) in [6, 6.07) is 6.06. The van der Waals surface area contributed by atoms with Crippen LogP contribution in [0.4, 0.5) is 0 Å². The highest BCUT2D eigenvalue weighted by Crippen LogP contribution is 2.19. The molecular weight excluding hydrogens is 272 g/mol. The van der Waals surface area contributed by atoms with Crippen molar-refractivity contribution in [2.75, 3.05) is 12.4 Å². The van der Waals surface area contributed by atoms with Crippen molar-refractivity contribution < 1.29 is 13.2 Å². The van der Waals surface area contributed by atoms with Crippen molar-refractivity contribution in [3.05, 3.63) is 29.3 Å². The van der Waals surface area contributed by atoms with Crippen molar-refractivity contribution in [1.82, 2.24) is 0 Å². The van der Waals surface area contributed by atoms with Crippen LogP contribution < -0.4 is 4.74 Å². The van der Waals surface area contributed by atoms with Crippen LogP contribution in [0.1, 0.15) is 30.4 Å². The van der Waals surface area contributed by atoms with Gasteiger partial charge in [0, 0.05) is 10.7 Å². The minimum absolute atomic E-state index is 0.0398. The average molecular weight is 291 g/mol. The van der Waals surface area contributed by atoms with Gasteiger partial charge in [-0.05, 0) is 44.7 Å². The van der Waals surface area contributed by atoms with Gasteiger partial charge >= 0.3 is 0 Å². The summed E-state index contributed by atoms with van der Waals surface area (Å²) in [4.78, 5) is 0. The summed E-state index contributed by atoms with van der Waals surface area (Å²) < 4.78 is 27.0.